The highest BCUT2D eigenvalue weighted by Crippen LogP contribution is 2.32. The minimum absolute atomic E-state index is 0.00448. The Hall–Kier alpha value is -1.99. The van der Waals surface area contributed by atoms with E-state index in [4.69, 9.17) is 4.74 Å². The van der Waals surface area contributed by atoms with Gasteiger partial charge in [0.25, 0.3) is 0 Å². The second kappa shape index (κ2) is 8.35. The third kappa shape index (κ3) is 4.47. The van der Waals surface area contributed by atoms with Crippen LogP contribution in [0.2, 0.25) is 0 Å². The van der Waals surface area contributed by atoms with E-state index in [2.05, 4.69) is 20.5 Å². The Morgan fingerprint density at radius 3 is 2.74 bits per heavy atom. The zero-order valence-corrected chi connectivity index (χ0v) is 15.9. The van der Waals surface area contributed by atoms with Crippen molar-refractivity contribution in [2.45, 2.75) is 38.6 Å². The maximum absolute atomic E-state index is 12.6. The van der Waals surface area contributed by atoms with E-state index in [0.29, 0.717) is 6.54 Å². The minimum Gasteiger partial charge on any atom is -0.381 e. The fraction of sp³-hybridized carbons (Fsp3) is 0.650. The zero-order chi connectivity index (χ0) is 18.5. The number of likely N-dealkylation sites (tertiary alicyclic amines) is 1. The van der Waals surface area contributed by atoms with Crippen LogP contribution in [-0.4, -0.2) is 65.2 Å². The second-order valence-electron chi connectivity index (χ2n) is 7.96. The van der Waals surface area contributed by atoms with Crippen LogP contribution in [0, 0.1) is 5.41 Å². The van der Waals surface area contributed by atoms with Gasteiger partial charge in [0.15, 0.2) is 0 Å². The standard InChI is InChI=1S/C20H29N5O2/c26-19(14-25-18-7-3-2-6-17(18)22-23-25)21-15-20(8-12-27-13-9-20)16-24-10-4-1-5-11-24/h2-3,6-7H,1,4-5,8-16H2,(H,21,26). The number of nitrogens with zero attached hydrogens (tertiary/aromatic N) is 4. The first kappa shape index (κ1) is 18.4. The summed E-state index contributed by atoms with van der Waals surface area (Å²) in [6, 6.07) is 7.72. The fourth-order valence-electron chi connectivity index (χ4n) is 4.30. The Labute approximate surface area is 160 Å². The number of ether oxygens (including phenoxy) is 1. The van der Waals surface area contributed by atoms with E-state index < -0.39 is 0 Å². The normalized spacial score (nSPS) is 20.6. The number of rotatable bonds is 6. The molecule has 1 aromatic heterocycles. The van der Waals surface area contributed by atoms with Crippen molar-refractivity contribution < 1.29 is 9.53 Å². The van der Waals surface area contributed by atoms with Crippen LogP contribution in [0.5, 0.6) is 0 Å². The molecule has 0 bridgehead atoms. The van der Waals surface area contributed by atoms with Crippen molar-refractivity contribution in [1.29, 1.82) is 0 Å². The highest BCUT2D eigenvalue weighted by Gasteiger charge is 2.35. The summed E-state index contributed by atoms with van der Waals surface area (Å²) in [4.78, 5) is 15.2. The number of para-hydroxylation sites is 1. The van der Waals surface area contributed by atoms with Gasteiger partial charge in [-0.1, -0.05) is 23.8 Å². The van der Waals surface area contributed by atoms with E-state index in [-0.39, 0.29) is 17.9 Å². The lowest BCUT2D eigenvalue weighted by molar-refractivity contribution is -0.123. The first-order valence-corrected chi connectivity index (χ1v) is 10.1. The van der Waals surface area contributed by atoms with E-state index >= 15 is 0 Å². The molecule has 2 aromatic rings. The summed E-state index contributed by atoms with van der Waals surface area (Å²) < 4.78 is 7.27. The largest absolute Gasteiger partial charge is 0.381 e. The number of carbonyl (C=O) groups excluding carboxylic acids is 1. The maximum Gasteiger partial charge on any atom is 0.241 e. The molecule has 0 aliphatic carbocycles. The zero-order valence-electron chi connectivity index (χ0n) is 15.9. The molecule has 0 spiro atoms. The molecule has 27 heavy (non-hydrogen) atoms. The first-order valence-electron chi connectivity index (χ1n) is 10.1. The third-order valence-electron chi connectivity index (χ3n) is 5.94. The van der Waals surface area contributed by atoms with Gasteiger partial charge in [0.2, 0.25) is 5.91 Å². The van der Waals surface area contributed by atoms with Gasteiger partial charge < -0.3 is 15.0 Å². The number of fused-ring (bicyclic) bond motifs is 1. The van der Waals surface area contributed by atoms with Crippen molar-refractivity contribution in [3.8, 4) is 0 Å². The molecule has 146 valence electrons. The molecule has 0 radical (unpaired) electrons. The molecular formula is C20H29N5O2. The predicted octanol–water partition coefficient (Wildman–Crippen LogP) is 1.83. The quantitative estimate of drug-likeness (QED) is 0.839. The lowest BCUT2D eigenvalue weighted by atomic mass is 9.79. The summed E-state index contributed by atoms with van der Waals surface area (Å²) in [5, 5.41) is 11.4. The minimum atomic E-state index is -0.00448. The van der Waals surface area contributed by atoms with E-state index in [1.54, 1.807) is 4.68 Å². The van der Waals surface area contributed by atoms with Crippen LogP contribution in [0.3, 0.4) is 0 Å². The Kier molecular flexibility index (Phi) is 5.69. The molecule has 0 saturated carbocycles. The van der Waals surface area contributed by atoms with Crippen LogP contribution >= 0.6 is 0 Å². The van der Waals surface area contributed by atoms with Gasteiger partial charge in [-0.15, -0.1) is 5.10 Å². The topological polar surface area (TPSA) is 72.3 Å². The van der Waals surface area contributed by atoms with Gasteiger partial charge in [-0.3, -0.25) is 4.79 Å². The average molecular weight is 371 g/mol. The van der Waals surface area contributed by atoms with Crippen LogP contribution < -0.4 is 5.32 Å². The third-order valence-corrected chi connectivity index (χ3v) is 5.94. The van der Waals surface area contributed by atoms with E-state index in [0.717, 1.165) is 43.6 Å². The monoisotopic (exact) mass is 371 g/mol. The number of hydrogen-bond donors (Lipinski definition) is 1. The SMILES string of the molecule is O=C(Cn1nnc2ccccc21)NCC1(CN2CCCCC2)CCOCC1. The summed E-state index contributed by atoms with van der Waals surface area (Å²) in [6.45, 7) is 5.91. The number of hydrogen-bond acceptors (Lipinski definition) is 5. The molecule has 2 saturated heterocycles. The van der Waals surface area contributed by atoms with Crippen LogP contribution in [-0.2, 0) is 16.1 Å². The molecule has 3 heterocycles. The van der Waals surface area contributed by atoms with Crippen molar-refractivity contribution >= 4 is 16.9 Å². The van der Waals surface area contributed by atoms with Crippen molar-refractivity contribution in [2.24, 2.45) is 5.41 Å². The van der Waals surface area contributed by atoms with Gasteiger partial charge in [-0.25, -0.2) is 4.68 Å². The summed E-state index contributed by atoms with van der Waals surface area (Å²) in [6.07, 6.45) is 5.94. The molecular weight excluding hydrogens is 342 g/mol. The van der Waals surface area contributed by atoms with Crippen molar-refractivity contribution in [2.75, 3.05) is 39.4 Å². The Morgan fingerprint density at radius 1 is 1.15 bits per heavy atom. The molecule has 2 fully saturated rings. The number of piperidine rings is 1. The summed E-state index contributed by atoms with van der Waals surface area (Å²) in [5.41, 5.74) is 1.83. The van der Waals surface area contributed by atoms with Crippen LogP contribution in [0.25, 0.3) is 11.0 Å². The summed E-state index contributed by atoms with van der Waals surface area (Å²) >= 11 is 0. The predicted molar refractivity (Wildman–Crippen MR) is 103 cm³/mol. The molecule has 1 N–H and O–H groups in total. The number of amides is 1. The molecule has 2 aliphatic rings. The highest BCUT2D eigenvalue weighted by atomic mass is 16.5. The highest BCUT2D eigenvalue weighted by molar-refractivity contribution is 5.79. The Morgan fingerprint density at radius 2 is 1.93 bits per heavy atom. The molecule has 7 heteroatoms. The van der Waals surface area contributed by atoms with Crippen LogP contribution in [0.4, 0.5) is 0 Å². The van der Waals surface area contributed by atoms with E-state index in [1.165, 1.54) is 32.4 Å². The van der Waals surface area contributed by atoms with Gasteiger partial charge in [-0.05, 0) is 50.9 Å². The number of aromatic nitrogens is 3. The van der Waals surface area contributed by atoms with Crippen molar-refractivity contribution in [1.82, 2.24) is 25.2 Å². The van der Waals surface area contributed by atoms with Crippen LogP contribution in [0.15, 0.2) is 24.3 Å². The van der Waals surface area contributed by atoms with Gasteiger partial charge in [-0.2, -0.15) is 0 Å². The molecule has 4 rings (SSSR count). The fourth-order valence-corrected chi connectivity index (χ4v) is 4.30. The van der Waals surface area contributed by atoms with Crippen molar-refractivity contribution in [3.63, 3.8) is 0 Å². The lowest BCUT2D eigenvalue weighted by Gasteiger charge is -2.42. The second-order valence-corrected chi connectivity index (χ2v) is 7.96. The van der Waals surface area contributed by atoms with Gasteiger partial charge >= 0.3 is 0 Å². The Bertz CT molecular complexity index is 763. The first-order chi connectivity index (χ1) is 13.2. The number of benzene rings is 1. The summed E-state index contributed by atoms with van der Waals surface area (Å²) in [7, 11) is 0. The molecule has 7 nitrogen and oxygen atoms in total. The van der Waals surface area contributed by atoms with E-state index in [1.807, 2.05) is 24.3 Å². The number of carbonyl (C=O) groups is 1. The Balaban J connectivity index is 1.37. The summed E-state index contributed by atoms with van der Waals surface area (Å²) in [5.74, 6) is -0.00448. The maximum atomic E-state index is 12.6. The van der Waals surface area contributed by atoms with Crippen molar-refractivity contribution in [3.05, 3.63) is 24.3 Å². The van der Waals surface area contributed by atoms with Gasteiger partial charge in [0.1, 0.15) is 12.1 Å². The smallest absolute Gasteiger partial charge is 0.241 e. The molecule has 0 atom stereocenters. The average Bonchev–Trinajstić information content (AvgIpc) is 3.11. The van der Waals surface area contributed by atoms with Crippen LogP contribution in [0.1, 0.15) is 32.1 Å². The number of nitrogens with one attached hydrogen (secondary N) is 1. The lowest BCUT2D eigenvalue weighted by Crippen LogP contribution is -2.49. The molecule has 2 aliphatic heterocycles. The molecule has 1 aromatic carbocycles. The van der Waals surface area contributed by atoms with E-state index in [9.17, 15) is 4.79 Å². The molecule has 0 unspecified atom stereocenters. The van der Waals surface area contributed by atoms with Gasteiger partial charge in [0, 0.05) is 31.7 Å². The van der Waals surface area contributed by atoms with Gasteiger partial charge in [0.05, 0.1) is 5.52 Å². The molecule has 1 amide bonds.